The molecule has 2 heterocycles. The van der Waals surface area contributed by atoms with E-state index in [9.17, 15) is 16.8 Å². The molecule has 0 amide bonds. The van der Waals surface area contributed by atoms with Crippen molar-refractivity contribution in [2.75, 3.05) is 42.6 Å². The van der Waals surface area contributed by atoms with Crippen LogP contribution in [0.3, 0.4) is 0 Å². The zero-order valence-corrected chi connectivity index (χ0v) is 21.5. The number of aryl methyl sites for hydroxylation is 1. The van der Waals surface area contributed by atoms with Crippen molar-refractivity contribution in [3.63, 3.8) is 0 Å². The minimum absolute atomic E-state index is 0.0848. The van der Waals surface area contributed by atoms with E-state index in [1.807, 2.05) is 18.2 Å². The predicted molar refractivity (Wildman–Crippen MR) is 134 cm³/mol. The average molecular weight is 491 g/mol. The summed E-state index contributed by atoms with van der Waals surface area (Å²) >= 11 is 0. The highest BCUT2D eigenvalue weighted by Gasteiger charge is 2.48. The number of rotatable bonds is 4. The Morgan fingerprint density at radius 3 is 2.12 bits per heavy atom. The lowest BCUT2D eigenvalue weighted by Crippen LogP contribution is -2.55. The predicted octanol–water partition coefficient (Wildman–Crippen LogP) is 3.05. The van der Waals surface area contributed by atoms with Gasteiger partial charge in [0.25, 0.3) is 0 Å². The van der Waals surface area contributed by atoms with Crippen molar-refractivity contribution in [2.24, 2.45) is 0 Å². The molecule has 0 radical (unpaired) electrons. The van der Waals surface area contributed by atoms with Crippen molar-refractivity contribution in [3.8, 4) is 0 Å². The molecule has 0 spiro atoms. The van der Waals surface area contributed by atoms with E-state index in [2.05, 4.69) is 55.7 Å². The van der Waals surface area contributed by atoms with Crippen LogP contribution in [0.1, 0.15) is 31.9 Å². The molecule has 0 aliphatic carbocycles. The zero-order chi connectivity index (χ0) is 24.0. The Labute approximate surface area is 198 Å². The number of sulfone groups is 2. The van der Waals surface area contributed by atoms with Crippen LogP contribution in [0.15, 0.2) is 53.4 Å². The van der Waals surface area contributed by atoms with E-state index in [1.54, 1.807) is 12.1 Å². The fourth-order valence-corrected chi connectivity index (χ4v) is 9.72. The lowest BCUT2D eigenvalue weighted by molar-refractivity contribution is 0.201. The van der Waals surface area contributed by atoms with Crippen LogP contribution in [0, 0.1) is 6.92 Å². The lowest BCUT2D eigenvalue weighted by atomic mass is 9.87. The van der Waals surface area contributed by atoms with Crippen molar-refractivity contribution in [3.05, 3.63) is 59.7 Å². The number of hydrogen-bond acceptors (Lipinski definition) is 6. The normalized spacial score (nSPS) is 24.2. The topological polar surface area (TPSA) is 74.8 Å². The van der Waals surface area contributed by atoms with Gasteiger partial charge >= 0.3 is 0 Å². The summed E-state index contributed by atoms with van der Waals surface area (Å²) in [5, 5.41) is -0.937. The van der Waals surface area contributed by atoms with Crippen LogP contribution in [0.2, 0.25) is 0 Å². The Morgan fingerprint density at radius 2 is 1.55 bits per heavy atom. The number of piperazine rings is 1. The molecule has 0 bridgehead atoms. The first-order valence-corrected chi connectivity index (χ1v) is 14.8. The van der Waals surface area contributed by atoms with Crippen molar-refractivity contribution < 1.29 is 16.8 Å². The molecule has 33 heavy (non-hydrogen) atoms. The molecule has 0 N–H and O–H groups in total. The van der Waals surface area contributed by atoms with E-state index in [0.29, 0.717) is 13.1 Å². The Bertz CT molecular complexity index is 1210. The van der Waals surface area contributed by atoms with Crippen molar-refractivity contribution in [2.45, 2.75) is 49.3 Å². The van der Waals surface area contributed by atoms with Crippen LogP contribution in [0.5, 0.6) is 0 Å². The second-order valence-corrected chi connectivity index (χ2v) is 14.7. The summed E-state index contributed by atoms with van der Waals surface area (Å²) in [6.07, 6.45) is 0. The average Bonchev–Trinajstić information content (AvgIpc) is 3.10. The van der Waals surface area contributed by atoms with Gasteiger partial charge in [-0.05, 0) is 47.7 Å². The molecule has 8 heteroatoms. The largest absolute Gasteiger partial charge is 0.369 e. The van der Waals surface area contributed by atoms with Gasteiger partial charge in [0.1, 0.15) is 0 Å². The van der Waals surface area contributed by atoms with Crippen LogP contribution >= 0.6 is 0 Å². The molecule has 4 rings (SSSR count). The molecule has 2 saturated heterocycles. The summed E-state index contributed by atoms with van der Waals surface area (Å²) in [5.41, 5.74) is 3.31. The van der Waals surface area contributed by atoms with Crippen LogP contribution in [0.4, 0.5) is 5.69 Å². The van der Waals surface area contributed by atoms with Gasteiger partial charge in [-0.15, -0.1) is 0 Å². The summed E-state index contributed by atoms with van der Waals surface area (Å²) in [7, 11) is -7.20. The zero-order valence-electron chi connectivity index (χ0n) is 19.9. The van der Waals surface area contributed by atoms with Crippen molar-refractivity contribution >= 4 is 25.4 Å². The first kappa shape index (κ1) is 24.2. The van der Waals surface area contributed by atoms with Gasteiger partial charge in [0.2, 0.25) is 0 Å². The third-order valence-corrected chi connectivity index (χ3v) is 11.0. The molecule has 0 aromatic heterocycles. The van der Waals surface area contributed by atoms with E-state index in [4.69, 9.17) is 0 Å². The summed E-state index contributed by atoms with van der Waals surface area (Å²) in [5.74, 6) is -0.402. The highest BCUT2D eigenvalue weighted by molar-refractivity contribution is 7.96. The Hall–Kier alpha value is -1.90. The van der Waals surface area contributed by atoms with Gasteiger partial charge in [-0.25, -0.2) is 16.8 Å². The van der Waals surface area contributed by atoms with Crippen LogP contribution < -0.4 is 4.90 Å². The maximum absolute atomic E-state index is 13.6. The van der Waals surface area contributed by atoms with E-state index in [0.717, 1.165) is 24.3 Å². The highest BCUT2D eigenvalue weighted by Crippen LogP contribution is 2.31. The van der Waals surface area contributed by atoms with E-state index >= 15 is 0 Å². The summed E-state index contributed by atoms with van der Waals surface area (Å²) in [4.78, 5) is 4.56. The SMILES string of the molecule is Cc1cccc(N2CCN([C@H]3CS(=O)(=O)C[C@@H]3S(=O)(=O)c3ccc(C(C)(C)C)cc3)CC2)c1. The van der Waals surface area contributed by atoms with Gasteiger partial charge in [-0.3, -0.25) is 4.90 Å². The molecule has 2 aliphatic heterocycles. The minimum Gasteiger partial charge on any atom is -0.369 e. The molecule has 180 valence electrons. The van der Waals surface area contributed by atoms with Crippen LogP contribution in [0.25, 0.3) is 0 Å². The monoisotopic (exact) mass is 490 g/mol. The Kier molecular flexibility index (Phi) is 6.39. The van der Waals surface area contributed by atoms with Gasteiger partial charge in [0.15, 0.2) is 19.7 Å². The first-order chi connectivity index (χ1) is 15.4. The number of hydrogen-bond donors (Lipinski definition) is 0. The Morgan fingerprint density at radius 1 is 0.909 bits per heavy atom. The van der Waals surface area contributed by atoms with E-state index in [1.165, 1.54) is 5.56 Å². The summed E-state index contributed by atoms with van der Waals surface area (Å²) < 4.78 is 52.3. The minimum atomic E-state index is -3.78. The third-order valence-electron chi connectivity index (χ3n) is 6.87. The first-order valence-electron chi connectivity index (χ1n) is 11.5. The third kappa shape index (κ3) is 5.12. The second-order valence-electron chi connectivity index (χ2n) is 10.4. The number of benzene rings is 2. The van der Waals surface area contributed by atoms with E-state index in [-0.39, 0.29) is 21.8 Å². The number of anilines is 1. The highest BCUT2D eigenvalue weighted by atomic mass is 32.2. The quantitative estimate of drug-likeness (QED) is 0.656. The fraction of sp³-hybridized carbons (Fsp3) is 0.520. The van der Waals surface area contributed by atoms with E-state index < -0.39 is 31.0 Å². The fourth-order valence-electron chi connectivity index (χ4n) is 4.89. The molecule has 2 aromatic rings. The Balaban J connectivity index is 1.54. The van der Waals surface area contributed by atoms with Gasteiger partial charge < -0.3 is 4.90 Å². The molecule has 0 saturated carbocycles. The maximum Gasteiger partial charge on any atom is 0.183 e. The van der Waals surface area contributed by atoms with Crippen molar-refractivity contribution in [1.29, 1.82) is 0 Å². The van der Waals surface area contributed by atoms with Crippen molar-refractivity contribution in [1.82, 2.24) is 4.90 Å². The second kappa shape index (κ2) is 8.71. The van der Waals surface area contributed by atoms with Crippen LogP contribution in [-0.2, 0) is 25.1 Å². The van der Waals surface area contributed by atoms with Gasteiger partial charge in [-0.2, -0.15) is 0 Å². The summed E-state index contributed by atoms with van der Waals surface area (Å²) in [6, 6.07) is 14.8. The maximum atomic E-state index is 13.6. The number of nitrogens with zero attached hydrogens (tertiary/aromatic N) is 2. The molecule has 2 aromatic carbocycles. The molecular formula is C25H34N2O4S2. The van der Waals surface area contributed by atoms with Crippen LogP contribution in [-0.4, -0.2) is 70.7 Å². The molecule has 2 atom stereocenters. The summed E-state index contributed by atoms with van der Waals surface area (Å²) in [6.45, 7) is 11.1. The standard InChI is InChI=1S/C25H34N2O4S2/c1-19-6-5-7-21(16-19)26-12-14-27(15-13-26)23-17-32(28,29)18-24(23)33(30,31)22-10-8-20(9-11-22)25(2,3)4/h5-11,16,23-24H,12-15,17-18H2,1-4H3/t23-,24-/m0/s1. The molecular weight excluding hydrogens is 456 g/mol. The molecule has 0 unspecified atom stereocenters. The van der Waals surface area contributed by atoms with Gasteiger partial charge in [0, 0.05) is 37.9 Å². The molecule has 6 nitrogen and oxygen atoms in total. The smallest absolute Gasteiger partial charge is 0.183 e. The molecule has 2 fully saturated rings. The lowest BCUT2D eigenvalue weighted by Gasteiger charge is -2.40. The van der Waals surface area contributed by atoms with Gasteiger partial charge in [-0.1, -0.05) is 45.0 Å². The molecule has 2 aliphatic rings. The van der Waals surface area contributed by atoms with Gasteiger partial charge in [0.05, 0.1) is 21.7 Å².